The third-order valence-electron chi connectivity index (χ3n) is 3.08. The number of aryl methyl sites for hydroxylation is 1. The summed E-state index contributed by atoms with van der Waals surface area (Å²) in [5, 5.41) is 10.3. The van der Waals surface area contributed by atoms with E-state index in [0.717, 1.165) is 22.4 Å². The molecular formula is C16H19NO. The Morgan fingerprint density at radius 1 is 0.944 bits per heavy atom. The van der Waals surface area contributed by atoms with Crippen molar-refractivity contribution in [3.63, 3.8) is 0 Å². The van der Waals surface area contributed by atoms with E-state index in [1.165, 1.54) is 0 Å². The highest BCUT2D eigenvalue weighted by Gasteiger charge is 2.10. The number of aliphatic hydroxyl groups is 1. The molecule has 2 aromatic carbocycles. The predicted octanol–water partition coefficient (Wildman–Crippen LogP) is 3.14. The van der Waals surface area contributed by atoms with Crippen LogP contribution >= 0.6 is 0 Å². The molecule has 2 heteroatoms. The van der Waals surface area contributed by atoms with Gasteiger partial charge in [0.1, 0.15) is 6.10 Å². The molecule has 0 amide bonds. The van der Waals surface area contributed by atoms with E-state index in [1.807, 2.05) is 74.4 Å². The quantitative estimate of drug-likeness (QED) is 0.892. The van der Waals surface area contributed by atoms with Gasteiger partial charge in [0, 0.05) is 19.8 Å². The maximum atomic E-state index is 10.3. The van der Waals surface area contributed by atoms with Crippen LogP contribution in [0.15, 0.2) is 48.5 Å². The average molecular weight is 241 g/mol. The van der Waals surface area contributed by atoms with E-state index in [9.17, 15) is 5.11 Å². The number of aliphatic hydroxyl groups excluding tert-OH is 1. The van der Waals surface area contributed by atoms with Gasteiger partial charge in [0.25, 0.3) is 0 Å². The largest absolute Gasteiger partial charge is 0.384 e. The molecule has 18 heavy (non-hydrogen) atoms. The Kier molecular flexibility index (Phi) is 3.68. The molecule has 0 radical (unpaired) electrons. The molecule has 0 bridgehead atoms. The summed E-state index contributed by atoms with van der Waals surface area (Å²) >= 11 is 0. The van der Waals surface area contributed by atoms with Crippen LogP contribution in [0.3, 0.4) is 0 Å². The molecule has 1 atom stereocenters. The normalized spacial score (nSPS) is 12.2. The van der Waals surface area contributed by atoms with Gasteiger partial charge in [0.05, 0.1) is 0 Å². The number of rotatable bonds is 3. The molecule has 1 N–H and O–H groups in total. The van der Waals surface area contributed by atoms with Crippen LogP contribution in [0.25, 0.3) is 0 Å². The lowest BCUT2D eigenvalue weighted by Gasteiger charge is -2.15. The Labute approximate surface area is 109 Å². The molecule has 0 aliphatic rings. The van der Waals surface area contributed by atoms with Crippen molar-refractivity contribution < 1.29 is 5.11 Å². The summed E-state index contributed by atoms with van der Waals surface area (Å²) in [6.45, 7) is 2.03. The second-order valence-corrected chi connectivity index (χ2v) is 4.80. The van der Waals surface area contributed by atoms with E-state index < -0.39 is 6.10 Å². The first-order valence-electron chi connectivity index (χ1n) is 6.10. The number of nitrogens with zero attached hydrogens (tertiary/aromatic N) is 1. The highest BCUT2D eigenvalue weighted by atomic mass is 16.3. The van der Waals surface area contributed by atoms with E-state index in [4.69, 9.17) is 0 Å². The van der Waals surface area contributed by atoms with E-state index in [1.54, 1.807) is 0 Å². The van der Waals surface area contributed by atoms with Crippen molar-refractivity contribution in [2.24, 2.45) is 0 Å². The van der Waals surface area contributed by atoms with Gasteiger partial charge in [0.2, 0.25) is 0 Å². The van der Waals surface area contributed by atoms with E-state index in [0.29, 0.717) is 0 Å². The second-order valence-electron chi connectivity index (χ2n) is 4.80. The summed E-state index contributed by atoms with van der Waals surface area (Å²) in [7, 11) is 4.01. The summed E-state index contributed by atoms with van der Waals surface area (Å²) in [6, 6.07) is 16.0. The van der Waals surface area contributed by atoms with Crippen LogP contribution in [-0.4, -0.2) is 19.2 Å². The van der Waals surface area contributed by atoms with Crippen molar-refractivity contribution in [2.75, 3.05) is 19.0 Å². The van der Waals surface area contributed by atoms with Gasteiger partial charge < -0.3 is 10.0 Å². The van der Waals surface area contributed by atoms with Gasteiger partial charge >= 0.3 is 0 Å². The first-order chi connectivity index (χ1) is 8.58. The molecule has 0 aliphatic heterocycles. The molecular weight excluding hydrogens is 222 g/mol. The maximum absolute atomic E-state index is 10.3. The molecule has 0 saturated heterocycles. The third-order valence-corrected chi connectivity index (χ3v) is 3.08. The van der Waals surface area contributed by atoms with Gasteiger partial charge in [-0.15, -0.1) is 0 Å². The van der Waals surface area contributed by atoms with Crippen LogP contribution in [0, 0.1) is 6.92 Å². The van der Waals surface area contributed by atoms with Crippen molar-refractivity contribution in [2.45, 2.75) is 13.0 Å². The Balaban J connectivity index is 2.26. The number of anilines is 1. The van der Waals surface area contributed by atoms with Gasteiger partial charge in [-0.25, -0.2) is 0 Å². The monoisotopic (exact) mass is 241 g/mol. The summed E-state index contributed by atoms with van der Waals surface area (Å²) < 4.78 is 0. The fraction of sp³-hybridized carbons (Fsp3) is 0.250. The van der Waals surface area contributed by atoms with Gasteiger partial charge in [0.15, 0.2) is 0 Å². The number of benzene rings is 2. The van der Waals surface area contributed by atoms with Crippen LogP contribution in [0.2, 0.25) is 0 Å². The highest BCUT2D eigenvalue weighted by Crippen LogP contribution is 2.24. The number of hydrogen-bond acceptors (Lipinski definition) is 2. The molecule has 0 aliphatic carbocycles. The fourth-order valence-corrected chi connectivity index (χ4v) is 1.99. The van der Waals surface area contributed by atoms with E-state index >= 15 is 0 Å². The van der Waals surface area contributed by atoms with Gasteiger partial charge in [-0.3, -0.25) is 0 Å². The Hall–Kier alpha value is -1.80. The Morgan fingerprint density at radius 2 is 1.61 bits per heavy atom. The van der Waals surface area contributed by atoms with E-state index in [-0.39, 0.29) is 0 Å². The SMILES string of the molecule is Cc1cccc([C@H](O)c2ccc(N(C)C)cc2)c1. The lowest BCUT2D eigenvalue weighted by atomic mass is 10.00. The fourth-order valence-electron chi connectivity index (χ4n) is 1.99. The highest BCUT2D eigenvalue weighted by molar-refractivity contribution is 5.47. The van der Waals surface area contributed by atoms with Crippen LogP contribution in [0.1, 0.15) is 22.8 Å². The van der Waals surface area contributed by atoms with Crippen LogP contribution in [0.5, 0.6) is 0 Å². The zero-order chi connectivity index (χ0) is 13.1. The summed E-state index contributed by atoms with van der Waals surface area (Å²) in [6.07, 6.45) is -0.555. The van der Waals surface area contributed by atoms with Crippen LogP contribution in [-0.2, 0) is 0 Å². The zero-order valence-corrected chi connectivity index (χ0v) is 11.1. The molecule has 0 aromatic heterocycles. The smallest absolute Gasteiger partial charge is 0.104 e. The molecule has 0 heterocycles. The first-order valence-corrected chi connectivity index (χ1v) is 6.10. The molecule has 2 rings (SSSR count). The van der Waals surface area contributed by atoms with Crippen molar-refractivity contribution >= 4 is 5.69 Å². The number of hydrogen-bond donors (Lipinski definition) is 1. The van der Waals surface area contributed by atoms with Crippen LogP contribution in [0.4, 0.5) is 5.69 Å². The van der Waals surface area contributed by atoms with Crippen molar-refractivity contribution in [3.8, 4) is 0 Å². The van der Waals surface area contributed by atoms with Gasteiger partial charge in [-0.05, 0) is 30.2 Å². The molecule has 94 valence electrons. The van der Waals surface area contributed by atoms with Crippen molar-refractivity contribution in [3.05, 3.63) is 65.2 Å². The van der Waals surface area contributed by atoms with Gasteiger partial charge in [-0.2, -0.15) is 0 Å². The summed E-state index contributed by atoms with van der Waals surface area (Å²) in [5.41, 5.74) is 4.16. The predicted molar refractivity (Wildman–Crippen MR) is 76.0 cm³/mol. The summed E-state index contributed by atoms with van der Waals surface area (Å²) in [5.74, 6) is 0. The van der Waals surface area contributed by atoms with E-state index in [2.05, 4.69) is 0 Å². The Morgan fingerprint density at radius 3 is 2.17 bits per heavy atom. The standard InChI is InChI=1S/C16H19NO/c1-12-5-4-6-14(11-12)16(18)13-7-9-15(10-8-13)17(2)3/h4-11,16,18H,1-3H3/t16-/m1/s1. The minimum atomic E-state index is -0.555. The third kappa shape index (κ3) is 2.71. The molecule has 0 spiro atoms. The van der Waals surface area contributed by atoms with Crippen LogP contribution < -0.4 is 4.90 Å². The summed E-state index contributed by atoms with van der Waals surface area (Å²) in [4.78, 5) is 2.04. The Bertz CT molecular complexity index is 517. The zero-order valence-electron chi connectivity index (χ0n) is 11.1. The lowest BCUT2D eigenvalue weighted by Crippen LogP contribution is -2.08. The molecule has 2 nitrogen and oxygen atoms in total. The van der Waals surface area contributed by atoms with Crippen molar-refractivity contribution in [1.82, 2.24) is 0 Å². The molecule has 0 fully saturated rings. The topological polar surface area (TPSA) is 23.5 Å². The van der Waals surface area contributed by atoms with Crippen molar-refractivity contribution in [1.29, 1.82) is 0 Å². The minimum absolute atomic E-state index is 0.555. The molecule has 2 aromatic rings. The lowest BCUT2D eigenvalue weighted by molar-refractivity contribution is 0.220. The second kappa shape index (κ2) is 5.23. The van der Waals surface area contributed by atoms with Gasteiger partial charge in [-0.1, -0.05) is 42.0 Å². The first kappa shape index (κ1) is 12.7. The maximum Gasteiger partial charge on any atom is 0.104 e. The minimum Gasteiger partial charge on any atom is -0.384 e. The molecule has 0 saturated carbocycles. The average Bonchev–Trinajstić information content (AvgIpc) is 2.38. The molecule has 0 unspecified atom stereocenters.